The van der Waals surface area contributed by atoms with E-state index in [1.54, 1.807) is 0 Å². The Kier molecular flexibility index (Phi) is 5.02. The van der Waals surface area contributed by atoms with E-state index in [1.165, 1.54) is 12.7 Å². The predicted molar refractivity (Wildman–Crippen MR) is 103 cm³/mol. The molecule has 2 aromatic carbocycles. The summed E-state index contributed by atoms with van der Waals surface area (Å²) in [6.07, 6.45) is -0.458. The van der Waals surface area contributed by atoms with Crippen LogP contribution in [0, 0.1) is 0 Å². The Morgan fingerprint density at radius 1 is 1.04 bits per heavy atom. The highest BCUT2D eigenvalue weighted by Gasteiger charge is 2.19. The second-order valence-electron chi connectivity index (χ2n) is 6.61. The van der Waals surface area contributed by atoms with Crippen LogP contribution in [-0.2, 0) is 11.3 Å². The van der Waals surface area contributed by atoms with Crippen molar-refractivity contribution in [3.8, 4) is 11.5 Å². The van der Waals surface area contributed by atoms with Crippen LogP contribution in [0.15, 0.2) is 42.5 Å². The minimum absolute atomic E-state index is 0.311. The summed E-state index contributed by atoms with van der Waals surface area (Å²) in [4.78, 5) is 16.1. The molecule has 0 spiro atoms. The van der Waals surface area contributed by atoms with Crippen molar-refractivity contribution >= 4 is 17.5 Å². The number of hydrogen-bond donors (Lipinski definition) is 1. The summed E-state index contributed by atoms with van der Waals surface area (Å²) in [5, 5.41) is 2.67. The number of nitrogens with zero attached hydrogens (tertiary/aromatic N) is 2. The highest BCUT2D eigenvalue weighted by molar-refractivity contribution is 5.84. The summed E-state index contributed by atoms with van der Waals surface area (Å²) in [5.41, 5.74) is 3.13. The van der Waals surface area contributed by atoms with Crippen molar-refractivity contribution in [1.29, 1.82) is 0 Å². The summed E-state index contributed by atoms with van der Waals surface area (Å²) >= 11 is 0. The number of amides is 1. The molecule has 1 N–H and O–H groups in total. The van der Waals surface area contributed by atoms with E-state index in [4.69, 9.17) is 9.47 Å². The molecule has 1 fully saturated rings. The van der Waals surface area contributed by atoms with Gasteiger partial charge in [-0.3, -0.25) is 10.2 Å². The molecule has 1 amide bonds. The molecule has 4 rings (SSSR count). The van der Waals surface area contributed by atoms with Gasteiger partial charge in [-0.05, 0) is 42.0 Å². The number of fused-ring (bicyclic) bond motifs is 1. The molecule has 7 heteroatoms. The maximum Gasteiger partial charge on any atom is 0.411 e. The molecule has 2 aliphatic heterocycles. The number of methoxy groups -OCH3 is 1. The molecule has 0 radical (unpaired) electrons. The first kappa shape index (κ1) is 17.5. The average molecular weight is 369 g/mol. The predicted octanol–water partition coefficient (Wildman–Crippen LogP) is 2.92. The molecule has 0 bridgehead atoms. The van der Waals surface area contributed by atoms with Crippen LogP contribution in [0.1, 0.15) is 5.56 Å². The fourth-order valence-electron chi connectivity index (χ4n) is 3.39. The van der Waals surface area contributed by atoms with E-state index in [0.29, 0.717) is 6.79 Å². The first-order valence-corrected chi connectivity index (χ1v) is 9.02. The number of hydrogen-bond acceptors (Lipinski definition) is 6. The highest BCUT2D eigenvalue weighted by atomic mass is 16.7. The van der Waals surface area contributed by atoms with Crippen LogP contribution in [0.25, 0.3) is 0 Å². The standard InChI is InChI=1S/C20H23N3O4/c1-25-20(24)21-16-3-5-17(6-4-16)23-10-8-22(9-11-23)13-15-2-7-18-19(12-15)27-14-26-18/h2-7,12H,8-11,13-14H2,1H3,(H,21,24). The van der Waals surface area contributed by atoms with Gasteiger partial charge in [0.1, 0.15) is 0 Å². The monoisotopic (exact) mass is 369 g/mol. The quantitative estimate of drug-likeness (QED) is 0.894. The van der Waals surface area contributed by atoms with Crippen LogP contribution >= 0.6 is 0 Å². The topological polar surface area (TPSA) is 63.3 Å². The number of nitrogens with one attached hydrogen (secondary N) is 1. The number of piperazine rings is 1. The summed E-state index contributed by atoms with van der Waals surface area (Å²) in [7, 11) is 1.35. The molecule has 0 atom stereocenters. The van der Waals surface area contributed by atoms with Gasteiger partial charge in [0.2, 0.25) is 6.79 Å². The summed E-state index contributed by atoms with van der Waals surface area (Å²) < 4.78 is 15.4. The fourth-order valence-corrected chi connectivity index (χ4v) is 3.39. The van der Waals surface area contributed by atoms with Gasteiger partial charge >= 0.3 is 6.09 Å². The number of ether oxygens (including phenoxy) is 3. The third kappa shape index (κ3) is 4.09. The van der Waals surface area contributed by atoms with Crippen LogP contribution in [-0.4, -0.2) is 51.1 Å². The third-order valence-electron chi connectivity index (χ3n) is 4.88. The van der Waals surface area contributed by atoms with Crippen LogP contribution in [0.2, 0.25) is 0 Å². The molecular weight excluding hydrogens is 346 g/mol. The summed E-state index contributed by atoms with van der Waals surface area (Å²) in [6, 6.07) is 14.0. The minimum atomic E-state index is -0.458. The fraction of sp³-hybridized carbons (Fsp3) is 0.350. The highest BCUT2D eigenvalue weighted by Crippen LogP contribution is 2.33. The van der Waals surface area contributed by atoms with Crippen LogP contribution in [0.3, 0.4) is 0 Å². The Balaban J connectivity index is 1.30. The van der Waals surface area contributed by atoms with Gasteiger partial charge in [0, 0.05) is 44.1 Å². The molecule has 0 aromatic heterocycles. The second kappa shape index (κ2) is 7.75. The molecule has 27 heavy (non-hydrogen) atoms. The van der Waals surface area contributed by atoms with Gasteiger partial charge in [0.15, 0.2) is 11.5 Å². The molecule has 142 valence electrons. The second-order valence-corrected chi connectivity index (χ2v) is 6.61. The van der Waals surface area contributed by atoms with Gasteiger partial charge < -0.3 is 19.1 Å². The zero-order valence-corrected chi connectivity index (χ0v) is 15.3. The van der Waals surface area contributed by atoms with E-state index < -0.39 is 6.09 Å². The lowest BCUT2D eigenvalue weighted by molar-refractivity contribution is 0.174. The maximum atomic E-state index is 11.3. The molecule has 2 aromatic rings. The third-order valence-corrected chi connectivity index (χ3v) is 4.88. The Morgan fingerprint density at radius 2 is 1.78 bits per heavy atom. The molecular formula is C20H23N3O4. The van der Waals surface area contributed by atoms with Gasteiger partial charge in [-0.2, -0.15) is 0 Å². The van der Waals surface area contributed by atoms with E-state index in [0.717, 1.165) is 55.6 Å². The number of rotatable bonds is 4. The first-order chi connectivity index (χ1) is 13.2. The average Bonchev–Trinajstić information content (AvgIpc) is 3.17. The van der Waals surface area contributed by atoms with E-state index in [9.17, 15) is 4.79 Å². The van der Waals surface area contributed by atoms with Crippen molar-refractivity contribution < 1.29 is 19.0 Å². The van der Waals surface area contributed by atoms with E-state index in [1.807, 2.05) is 30.3 Å². The van der Waals surface area contributed by atoms with Gasteiger partial charge in [-0.1, -0.05) is 6.07 Å². The summed E-state index contributed by atoms with van der Waals surface area (Å²) in [6.45, 7) is 5.15. The first-order valence-electron chi connectivity index (χ1n) is 9.02. The molecule has 0 aliphatic carbocycles. The zero-order valence-electron chi connectivity index (χ0n) is 15.3. The molecule has 0 unspecified atom stereocenters. The maximum absolute atomic E-state index is 11.3. The smallest absolute Gasteiger partial charge is 0.411 e. The lowest BCUT2D eigenvalue weighted by atomic mass is 10.1. The summed E-state index contributed by atoms with van der Waals surface area (Å²) in [5.74, 6) is 1.67. The molecule has 2 heterocycles. The van der Waals surface area contributed by atoms with Crippen molar-refractivity contribution in [2.24, 2.45) is 0 Å². The number of carbonyl (C=O) groups excluding carboxylic acids is 1. The molecule has 2 aliphatic rings. The number of anilines is 2. The van der Waals surface area contributed by atoms with E-state index in [-0.39, 0.29) is 0 Å². The lowest BCUT2D eigenvalue weighted by Gasteiger charge is -2.36. The lowest BCUT2D eigenvalue weighted by Crippen LogP contribution is -2.45. The van der Waals surface area contributed by atoms with Crippen LogP contribution in [0.5, 0.6) is 11.5 Å². The van der Waals surface area contributed by atoms with Crippen molar-refractivity contribution in [2.45, 2.75) is 6.54 Å². The molecule has 7 nitrogen and oxygen atoms in total. The minimum Gasteiger partial charge on any atom is -0.454 e. The van der Waals surface area contributed by atoms with Gasteiger partial charge in [-0.25, -0.2) is 4.79 Å². The van der Waals surface area contributed by atoms with Crippen molar-refractivity contribution in [2.75, 3.05) is 50.3 Å². The number of benzene rings is 2. The normalized spacial score (nSPS) is 16.3. The number of carbonyl (C=O) groups is 1. The van der Waals surface area contributed by atoms with E-state index in [2.05, 4.69) is 32.0 Å². The van der Waals surface area contributed by atoms with Crippen LogP contribution < -0.4 is 19.7 Å². The van der Waals surface area contributed by atoms with Crippen molar-refractivity contribution in [3.05, 3.63) is 48.0 Å². The Bertz CT molecular complexity index is 801. The zero-order chi connectivity index (χ0) is 18.6. The largest absolute Gasteiger partial charge is 0.454 e. The van der Waals surface area contributed by atoms with Gasteiger partial charge in [0.25, 0.3) is 0 Å². The molecule has 1 saturated heterocycles. The van der Waals surface area contributed by atoms with Crippen molar-refractivity contribution in [3.63, 3.8) is 0 Å². The van der Waals surface area contributed by atoms with Gasteiger partial charge in [0.05, 0.1) is 7.11 Å². The van der Waals surface area contributed by atoms with E-state index >= 15 is 0 Å². The van der Waals surface area contributed by atoms with Gasteiger partial charge in [-0.15, -0.1) is 0 Å². The molecule has 0 saturated carbocycles. The van der Waals surface area contributed by atoms with Crippen LogP contribution in [0.4, 0.5) is 16.2 Å². The Labute approximate surface area is 158 Å². The Hall–Kier alpha value is -2.93. The SMILES string of the molecule is COC(=O)Nc1ccc(N2CCN(Cc3ccc4c(c3)OCO4)CC2)cc1. The Morgan fingerprint density at radius 3 is 2.52 bits per heavy atom. The van der Waals surface area contributed by atoms with Crippen molar-refractivity contribution in [1.82, 2.24) is 4.90 Å².